The van der Waals surface area contributed by atoms with Crippen LogP contribution in [-0.4, -0.2) is 30.3 Å². The van der Waals surface area contributed by atoms with Crippen molar-refractivity contribution in [2.24, 2.45) is 0 Å². The lowest BCUT2D eigenvalue weighted by Gasteiger charge is -2.09. The zero-order valence-corrected chi connectivity index (χ0v) is 15.4. The van der Waals surface area contributed by atoms with E-state index in [1.165, 1.54) is 36.0 Å². The van der Waals surface area contributed by atoms with E-state index >= 15 is 0 Å². The highest BCUT2D eigenvalue weighted by atomic mass is 32.2. The molecule has 0 aliphatic carbocycles. The molecule has 0 aliphatic heterocycles. The average molecular weight is 396 g/mol. The van der Waals surface area contributed by atoms with Crippen LogP contribution < -0.4 is 10.6 Å². The number of halogens is 3. The first kappa shape index (κ1) is 20.8. The number of nitrogens with one attached hydrogen (secondary N) is 2. The zero-order chi connectivity index (χ0) is 19.9. The maximum absolute atomic E-state index is 12.1. The Balaban J connectivity index is 1.78. The van der Waals surface area contributed by atoms with Gasteiger partial charge in [0, 0.05) is 17.0 Å². The van der Waals surface area contributed by atoms with E-state index in [0.29, 0.717) is 11.4 Å². The minimum Gasteiger partial charge on any atom is -0.343 e. The van der Waals surface area contributed by atoms with Crippen LogP contribution in [0.3, 0.4) is 0 Å². The molecule has 0 atom stereocenters. The lowest BCUT2D eigenvalue weighted by molar-refractivity contribution is -0.123. The summed E-state index contributed by atoms with van der Waals surface area (Å²) < 4.78 is 36.3. The summed E-state index contributed by atoms with van der Waals surface area (Å²) in [5.74, 6) is -0.0318. The Morgan fingerprint density at radius 2 is 1.78 bits per heavy atom. The van der Waals surface area contributed by atoms with Gasteiger partial charge in [0.1, 0.15) is 6.54 Å². The maximum Gasteiger partial charge on any atom is 0.405 e. The molecule has 2 aromatic rings. The van der Waals surface area contributed by atoms with Crippen molar-refractivity contribution in [2.75, 3.05) is 17.6 Å². The molecule has 2 rings (SSSR count). The van der Waals surface area contributed by atoms with Crippen molar-refractivity contribution in [3.05, 3.63) is 65.2 Å². The molecule has 144 valence electrons. The summed E-state index contributed by atoms with van der Waals surface area (Å²) >= 11 is 1.48. The minimum atomic E-state index is -4.46. The first-order chi connectivity index (χ1) is 12.7. The average Bonchev–Trinajstić information content (AvgIpc) is 2.60. The van der Waals surface area contributed by atoms with E-state index < -0.39 is 18.6 Å². The van der Waals surface area contributed by atoms with Crippen LogP contribution in [-0.2, 0) is 10.5 Å². The predicted octanol–water partition coefficient (Wildman–Crippen LogP) is 4.16. The lowest BCUT2D eigenvalue weighted by Crippen LogP contribution is -2.33. The first-order valence-electron chi connectivity index (χ1n) is 8.11. The Morgan fingerprint density at radius 3 is 2.41 bits per heavy atom. The Hall–Kier alpha value is -2.48. The summed E-state index contributed by atoms with van der Waals surface area (Å²) in [6.07, 6.45) is -4.46. The molecular formula is C19H19F3N2O2S. The Morgan fingerprint density at radius 1 is 1.07 bits per heavy atom. The number of hydrogen-bond donors (Lipinski definition) is 2. The normalized spacial score (nSPS) is 11.1. The number of amides is 2. The number of benzene rings is 2. The molecule has 4 nitrogen and oxygen atoms in total. The maximum atomic E-state index is 12.1. The molecule has 2 aromatic carbocycles. The number of aryl methyl sites for hydroxylation is 1. The van der Waals surface area contributed by atoms with Gasteiger partial charge in [-0.05, 0) is 36.8 Å². The van der Waals surface area contributed by atoms with Gasteiger partial charge in [-0.2, -0.15) is 13.2 Å². The molecule has 0 bridgehead atoms. The largest absolute Gasteiger partial charge is 0.405 e. The molecule has 27 heavy (non-hydrogen) atoms. The van der Waals surface area contributed by atoms with E-state index in [-0.39, 0.29) is 17.2 Å². The molecule has 0 fully saturated rings. The van der Waals surface area contributed by atoms with Crippen molar-refractivity contribution in [2.45, 2.75) is 18.9 Å². The first-order valence-corrected chi connectivity index (χ1v) is 9.26. The van der Waals surface area contributed by atoms with Crippen molar-refractivity contribution >= 4 is 29.3 Å². The molecule has 0 unspecified atom stereocenters. The number of carbonyl (C=O) groups is 2. The molecule has 0 aliphatic rings. The van der Waals surface area contributed by atoms with Gasteiger partial charge >= 0.3 is 6.18 Å². The predicted molar refractivity (Wildman–Crippen MR) is 101 cm³/mol. The fourth-order valence-electron chi connectivity index (χ4n) is 2.25. The van der Waals surface area contributed by atoms with E-state index in [4.69, 9.17) is 0 Å². The number of thioether (sulfide) groups is 1. The highest BCUT2D eigenvalue weighted by Gasteiger charge is 2.27. The van der Waals surface area contributed by atoms with Gasteiger partial charge in [0.2, 0.25) is 5.91 Å². The molecule has 0 radical (unpaired) electrons. The van der Waals surface area contributed by atoms with Crippen LogP contribution in [0.1, 0.15) is 21.5 Å². The SMILES string of the molecule is Cc1cccc(CSCC(=O)Nc2ccc(C(=O)NCC(F)(F)F)cc2)c1. The highest BCUT2D eigenvalue weighted by Crippen LogP contribution is 2.16. The van der Waals surface area contributed by atoms with Crippen molar-refractivity contribution < 1.29 is 22.8 Å². The monoisotopic (exact) mass is 396 g/mol. The van der Waals surface area contributed by atoms with E-state index in [1.54, 1.807) is 5.32 Å². The van der Waals surface area contributed by atoms with Gasteiger partial charge in [-0.25, -0.2) is 0 Å². The molecule has 2 N–H and O–H groups in total. The van der Waals surface area contributed by atoms with Crippen LogP contribution in [0.25, 0.3) is 0 Å². The van der Waals surface area contributed by atoms with Crippen molar-refractivity contribution in [3.63, 3.8) is 0 Å². The van der Waals surface area contributed by atoms with Crippen molar-refractivity contribution in [1.82, 2.24) is 5.32 Å². The third-order valence-electron chi connectivity index (χ3n) is 3.46. The summed E-state index contributed by atoms with van der Waals surface area (Å²) in [5.41, 5.74) is 2.87. The number of alkyl halides is 3. The van der Waals surface area contributed by atoms with Gasteiger partial charge in [-0.3, -0.25) is 9.59 Å². The van der Waals surface area contributed by atoms with Crippen LogP contribution in [0.4, 0.5) is 18.9 Å². The summed E-state index contributed by atoms with van der Waals surface area (Å²) in [4.78, 5) is 23.6. The van der Waals surface area contributed by atoms with Crippen LogP contribution >= 0.6 is 11.8 Å². The molecular weight excluding hydrogens is 377 g/mol. The van der Waals surface area contributed by atoms with Crippen LogP contribution in [0.5, 0.6) is 0 Å². The summed E-state index contributed by atoms with van der Waals surface area (Å²) in [6.45, 7) is 0.621. The summed E-state index contributed by atoms with van der Waals surface area (Å²) in [5, 5.41) is 4.48. The fourth-order valence-corrected chi connectivity index (χ4v) is 3.02. The Kier molecular flexibility index (Phi) is 7.29. The van der Waals surface area contributed by atoms with Gasteiger partial charge < -0.3 is 10.6 Å². The number of rotatable bonds is 7. The molecule has 0 saturated heterocycles. The summed E-state index contributed by atoms with van der Waals surface area (Å²) in [7, 11) is 0. The highest BCUT2D eigenvalue weighted by molar-refractivity contribution is 7.99. The quantitative estimate of drug-likeness (QED) is 0.739. The molecule has 0 spiro atoms. The van der Waals surface area contributed by atoms with Crippen LogP contribution in [0.15, 0.2) is 48.5 Å². The second-order valence-electron chi connectivity index (χ2n) is 5.91. The smallest absolute Gasteiger partial charge is 0.343 e. The van der Waals surface area contributed by atoms with E-state index in [9.17, 15) is 22.8 Å². The molecule has 0 aromatic heterocycles. The summed E-state index contributed by atoms with van der Waals surface area (Å²) in [6, 6.07) is 13.7. The zero-order valence-electron chi connectivity index (χ0n) is 14.6. The Labute approximate surface area is 159 Å². The molecule has 8 heteroatoms. The van der Waals surface area contributed by atoms with E-state index in [2.05, 4.69) is 11.4 Å². The second kappa shape index (κ2) is 9.45. The van der Waals surface area contributed by atoms with Gasteiger partial charge in [0.15, 0.2) is 0 Å². The standard InChI is InChI=1S/C19H19F3N2O2S/c1-13-3-2-4-14(9-13)10-27-11-17(25)24-16-7-5-15(6-8-16)18(26)23-12-19(20,21)22/h2-9H,10-12H2,1H3,(H,23,26)(H,24,25). The lowest BCUT2D eigenvalue weighted by atomic mass is 10.2. The van der Waals surface area contributed by atoms with E-state index in [1.807, 2.05) is 25.1 Å². The van der Waals surface area contributed by atoms with E-state index in [0.717, 1.165) is 11.1 Å². The third-order valence-corrected chi connectivity index (χ3v) is 4.47. The van der Waals surface area contributed by atoms with Gasteiger partial charge in [0.25, 0.3) is 5.91 Å². The topological polar surface area (TPSA) is 58.2 Å². The second-order valence-corrected chi connectivity index (χ2v) is 6.89. The molecule has 2 amide bonds. The van der Waals surface area contributed by atoms with Crippen molar-refractivity contribution in [3.8, 4) is 0 Å². The van der Waals surface area contributed by atoms with Crippen LogP contribution in [0, 0.1) is 6.92 Å². The van der Waals surface area contributed by atoms with Crippen LogP contribution in [0.2, 0.25) is 0 Å². The van der Waals surface area contributed by atoms with Crippen molar-refractivity contribution in [1.29, 1.82) is 0 Å². The Bertz CT molecular complexity index is 792. The number of hydrogen-bond acceptors (Lipinski definition) is 3. The minimum absolute atomic E-state index is 0.0890. The van der Waals surface area contributed by atoms with Gasteiger partial charge in [-0.1, -0.05) is 29.8 Å². The molecule has 0 heterocycles. The fraction of sp³-hybridized carbons (Fsp3) is 0.263. The third kappa shape index (κ3) is 7.74. The number of anilines is 1. The van der Waals surface area contributed by atoms with Gasteiger partial charge in [-0.15, -0.1) is 11.8 Å². The number of carbonyl (C=O) groups excluding carboxylic acids is 2. The molecule has 0 saturated carbocycles. The van der Waals surface area contributed by atoms with Gasteiger partial charge in [0.05, 0.1) is 5.75 Å².